The van der Waals surface area contributed by atoms with E-state index in [2.05, 4.69) is 22.4 Å². The number of nitrogens with one attached hydrogen (secondary N) is 1. The molecule has 0 radical (unpaired) electrons. The predicted octanol–water partition coefficient (Wildman–Crippen LogP) is 3.33. The summed E-state index contributed by atoms with van der Waals surface area (Å²) in [7, 11) is 0. The molecule has 1 fully saturated rings. The molecular weight excluding hydrogens is 286 g/mol. The monoisotopic (exact) mass is 305 g/mol. The second-order valence-electron chi connectivity index (χ2n) is 5.14. The van der Waals surface area contributed by atoms with Gasteiger partial charge in [-0.3, -0.25) is 0 Å². The van der Waals surface area contributed by atoms with Gasteiger partial charge in [0.05, 0.1) is 22.3 Å². The van der Waals surface area contributed by atoms with Crippen molar-refractivity contribution in [1.82, 2.24) is 9.88 Å². The molecule has 1 aromatic carbocycles. The number of piperidine rings is 1. The number of nitrogens with zero attached hydrogens (tertiary/aromatic N) is 2. The SMILES string of the molecule is CCOC(=O)N1CCC(Nc2ccc3ncsc3c2)CC1. The quantitative estimate of drug-likeness (QED) is 0.945. The van der Waals surface area contributed by atoms with Crippen LogP contribution in [0.15, 0.2) is 23.7 Å². The van der Waals surface area contributed by atoms with Crippen LogP contribution in [0.5, 0.6) is 0 Å². The number of anilines is 1. The standard InChI is InChI=1S/C15H19N3O2S/c1-2-20-15(19)18-7-5-11(6-8-18)17-12-3-4-13-14(9-12)21-10-16-13/h3-4,9-11,17H,2,5-8H2,1H3. The van der Waals surface area contributed by atoms with Crippen molar-refractivity contribution in [3.05, 3.63) is 23.7 Å². The molecule has 1 saturated heterocycles. The lowest BCUT2D eigenvalue weighted by Gasteiger charge is -2.32. The first-order valence-electron chi connectivity index (χ1n) is 7.27. The number of ether oxygens (including phenoxy) is 1. The summed E-state index contributed by atoms with van der Waals surface area (Å²) in [6, 6.07) is 6.66. The van der Waals surface area contributed by atoms with Crippen molar-refractivity contribution >= 4 is 33.3 Å². The number of amides is 1. The summed E-state index contributed by atoms with van der Waals surface area (Å²) < 4.78 is 6.23. The molecule has 0 aliphatic carbocycles. The Morgan fingerprint density at radius 1 is 1.48 bits per heavy atom. The number of likely N-dealkylation sites (tertiary alicyclic amines) is 1. The van der Waals surface area contributed by atoms with Crippen molar-refractivity contribution in [1.29, 1.82) is 0 Å². The molecule has 1 aromatic heterocycles. The molecule has 1 aliphatic rings. The van der Waals surface area contributed by atoms with Crippen LogP contribution in [0, 0.1) is 0 Å². The lowest BCUT2D eigenvalue weighted by molar-refractivity contribution is 0.0983. The Hall–Kier alpha value is -1.82. The summed E-state index contributed by atoms with van der Waals surface area (Å²) in [5.74, 6) is 0. The zero-order valence-corrected chi connectivity index (χ0v) is 12.9. The van der Waals surface area contributed by atoms with E-state index in [9.17, 15) is 4.79 Å². The Kier molecular flexibility index (Phi) is 4.24. The number of benzene rings is 1. The molecule has 0 spiro atoms. The molecule has 21 heavy (non-hydrogen) atoms. The van der Waals surface area contributed by atoms with Crippen LogP contribution >= 0.6 is 11.3 Å². The van der Waals surface area contributed by atoms with Gasteiger partial charge in [-0.1, -0.05) is 0 Å². The normalized spacial score (nSPS) is 16.1. The van der Waals surface area contributed by atoms with E-state index in [1.54, 1.807) is 16.2 Å². The first-order valence-corrected chi connectivity index (χ1v) is 8.15. The Labute approximate surface area is 127 Å². The number of rotatable bonds is 3. The van der Waals surface area contributed by atoms with Crippen LogP contribution in [0.25, 0.3) is 10.2 Å². The maximum absolute atomic E-state index is 11.7. The van der Waals surface area contributed by atoms with E-state index in [-0.39, 0.29) is 6.09 Å². The third-order valence-electron chi connectivity index (χ3n) is 3.72. The van der Waals surface area contributed by atoms with Crippen molar-refractivity contribution in [2.75, 3.05) is 25.0 Å². The zero-order chi connectivity index (χ0) is 14.7. The van der Waals surface area contributed by atoms with Gasteiger partial charge < -0.3 is 15.0 Å². The van der Waals surface area contributed by atoms with Crippen LogP contribution in [0.4, 0.5) is 10.5 Å². The van der Waals surface area contributed by atoms with Crippen LogP contribution in [0.1, 0.15) is 19.8 Å². The molecule has 1 amide bonds. The highest BCUT2D eigenvalue weighted by molar-refractivity contribution is 7.16. The van der Waals surface area contributed by atoms with Crippen molar-refractivity contribution in [3.8, 4) is 0 Å². The van der Waals surface area contributed by atoms with Gasteiger partial charge in [-0.25, -0.2) is 9.78 Å². The average Bonchev–Trinajstić information content (AvgIpc) is 2.96. The van der Waals surface area contributed by atoms with E-state index >= 15 is 0 Å². The van der Waals surface area contributed by atoms with Gasteiger partial charge in [-0.15, -0.1) is 11.3 Å². The zero-order valence-electron chi connectivity index (χ0n) is 12.0. The van der Waals surface area contributed by atoms with Gasteiger partial charge in [-0.05, 0) is 38.0 Å². The van der Waals surface area contributed by atoms with E-state index in [0.29, 0.717) is 12.6 Å². The Bertz CT molecular complexity index is 620. The van der Waals surface area contributed by atoms with Crippen LogP contribution in [-0.4, -0.2) is 41.7 Å². The van der Waals surface area contributed by atoms with Crippen LogP contribution in [0.2, 0.25) is 0 Å². The van der Waals surface area contributed by atoms with Gasteiger partial charge in [-0.2, -0.15) is 0 Å². The number of carbonyl (C=O) groups is 1. The maximum Gasteiger partial charge on any atom is 0.409 e. The molecule has 112 valence electrons. The number of fused-ring (bicyclic) bond motifs is 1. The Morgan fingerprint density at radius 2 is 2.29 bits per heavy atom. The largest absolute Gasteiger partial charge is 0.450 e. The maximum atomic E-state index is 11.7. The number of hydrogen-bond donors (Lipinski definition) is 1. The summed E-state index contributed by atoms with van der Waals surface area (Å²) in [4.78, 5) is 17.7. The van der Waals surface area contributed by atoms with Crippen LogP contribution in [0.3, 0.4) is 0 Å². The molecule has 0 atom stereocenters. The molecular formula is C15H19N3O2S. The highest BCUT2D eigenvalue weighted by Crippen LogP contribution is 2.24. The fourth-order valence-electron chi connectivity index (χ4n) is 2.60. The van der Waals surface area contributed by atoms with E-state index in [1.807, 2.05) is 18.5 Å². The van der Waals surface area contributed by atoms with E-state index < -0.39 is 0 Å². The van der Waals surface area contributed by atoms with E-state index in [4.69, 9.17) is 4.74 Å². The van der Waals surface area contributed by atoms with Gasteiger partial charge in [0.25, 0.3) is 0 Å². The topological polar surface area (TPSA) is 54.5 Å². The lowest BCUT2D eigenvalue weighted by Crippen LogP contribution is -2.42. The summed E-state index contributed by atoms with van der Waals surface area (Å²) in [5.41, 5.74) is 4.04. The summed E-state index contributed by atoms with van der Waals surface area (Å²) in [5, 5.41) is 3.55. The van der Waals surface area contributed by atoms with Gasteiger partial charge in [0.1, 0.15) is 0 Å². The molecule has 3 rings (SSSR count). The Morgan fingerprint density at radius 3 is 3.05 bits per heavy atom. The summed E-state index contributed by atoms with van der Waals surface area (Å²) in [6.07, 6.45) is 1.70. The minimum Gasteiger partial charge on any atom is -0.450 e. The number of aromatic nitrogens is 1. The molecule has 0 saturated carbocycles. The summed E-state index contributed by atoms with van der Waals surface area (Å²) >= 11 is 1.65. The lowest BCUT2D eigenvalue weighted by atomic mass is 10.1. The van der Waals surface area contributed by atoms with Crippen molar-refractivity contribution < 1.29 is 9.53 Å². The molecule has 0 unspecified atom stereocenters. The highest BCUT2D eigenvalue weighted by Gasteiger charge is 2.23. The highest BCUT2D eigenvalue weighted by atomic mass is 32.1. The minimum absolute atomic E-state index is 0.193. The smallest absolute Gasteiger partial charge is 0.409 e. The van der Waals surface area contributed by atoms with Crippen LogP contribution < -0.4 is 5.32 Å². The van der Waals surface area contributed by atoms with Crippen molar-refractivity contribution in [2.45, 2.75) is 25.8 Å². The molecule has 1 aliphatic heterocycles. The van der Waals surface area contributed by atoms with Gasteiger partial charge in [0, 0.05) is 24.8 Å². The fraction of sp³-hybridized carbons (Fsp3) is 0.467. The Balaban J connectivity index is 1.56. The molecule has 2 heterocycles. The van der Waals surface area contributed by atoms with Gasteiger partial charge in [0.15, 0.2) is 0 Å². The minimum atomic E-state index is -0.193. The third-order valence-corrected chi connectivity index (χ3v) is 4.51. The predicted molar refractivity (Wildman–Crippen MR) is 84.9 cm³/mol. The first kappa shape index (κ1) is 14.1. The van der Waals surface area contributed by atoms with Crippen molar-refractivity contribution in [2.24, 2.45) is 0 Å². The number of thiazole rings is 1. The first-order chi connectivity index (χ1) is 10.3. The number of hydrogen-bond acceptors (Lipinski definition) is 5. The second kappa shape index (κ2) is 6.30. The third kappa shape index (κ3) is 3.26. The molecule has 6 heteroatoms. The fourth-order valence-corrected chi connectivity index (χ4v) is 3.32. The van der Waals surface area contributed by atoms with Gasteiger partial charge in [0.2, 0.25) is 0 Å². The molecule has 2 aromatic rings. The average molecular weight is 305 g/mol. The van der Waals surface area contributed by atoms with Crippen molar-refractivity contribution in [3.63, 3.8) is 0 Å². The summed E-state index contributed by atoms with van der Waals surface area (Å²) in [6.45, 7) is 3.77. The number of carbonyl (C=O) groups excluding carboxylic acids is 1. The molecule has 1 N–H and O–H groups in total. The van der Waals surface area contributed by atoms with Gasteiger partial charge >= 0.3 is 6.09 Å². The van der Waals surface area contributed by atoms with E-state index in [0.717, 1.165) is 37.1 Å². The van der Waals surface area contributed by atoms with E-state index in [1.165, 1.54) is 4.70 Å². The molecule has 5 nitrogen and oxygen atoms in total. The molecule has 0 bridgehead atoms. The van der Waals surface area contributed by atoms with Crippen LogP contribution in [-0.2, 0) is 4.74 Å². The second-order valence-corrected chi connectivity index (χ2v) is 6.03.